The van der Waals surface area contributed by atoms with E-state index in [-0.39, 0.29) is 6.54 Å². The number of carbonyl (C=O) groups excluding carboxylic acids is 1. The minimum absolute atomic E-state index is 0.207. The van der Waals surface area contributed by atoms with Crippen LogP contribution in [0.2, 0.25) is 0 Å². The molecule has 144 valence electrons. The first-order valence-electron chi connectivity index (χ1n) is 8.47. The molecule has 3 N–H and O–H groups in total. The fraction of sp³-hybridized carbons (Fsp3) is 0.333. The molecule has 3 rings (SSSR count). The van der Waals surface area contributed by atoms with Gasteiger partial charge in [0.05, 0.1) is 11.3 Å². The van der Waals surface area contributed by atoms with Crippen LogP contribution >= 0.6 is 0 Å². The van der Waals surface area contributed by atoms with Crippen LogP contribution in [0.3, 0.4) is 0 Å². The molecular formula is C18H18F4N4O. The second-order valence-electron chi connectivity index (χ2n) is 6.16. The van der Waals surface area contributed by atoms with Gasteiger partial charge >= 0.3 is 12.2 Å². The van der Waals surface area contributed by atoms with Crippen LogP contribution in [0.15, 0.2) is 30.3 Å². The Bertz CT molecular complexity index is 839. The molecule has 0 bridgehead atoms. The molecule has 0 fully saturated rings. The molecule has 9 heteroatoms. The molecule has 0 spiro atoms. The van der Waals surface area contributed by atoms with E-state index in [0.29, 0.717) is 24.6 Å². The van der Waals surface area contributed by atoms with E-state index >= 15 is 0 Å². The number of aryl methyl sites for hydroxylation is 1. The van der Waals surface area contributed by atoms with Crippen LogP contribution in [0.4, 0.5) is 33.9 Å². The quantitative estimate of drug-likeness (QED) is 0.702. The number of fused-ring (bicyclic) bond motifs is 1. The SMILES string of the molecule is O=C(NCCc1ccc2c(n1)NCCC2)Nc1cc(C(F)(F)F)ccc1F. The fourth-order valence-corrected chi connectivity index (χ4v) is 2.78. The number of pyridine rings is 1. The topological polar surface area (TPSA) is 66.0 Å². The number of amides is 2. The zero-order chi connectivity index (χ0) is 19.4. The predicted molar refractivity (Wildman–Crippen MR) is 93.2 cm³/mol. The standard InChI is InChI=1S/C18H18F4N4O/c19-14-6-4-12(18(20,21)22)10-15(14)26-17(27)24-9-7-13-5-3-11-2-1-8-23-16(11)25-13/h3-6,10H,1-2,7-9H2,(H,23,25)(H2,24,26,27). The number of hydrogen-bond acceptors (Lipinski definition) is 3. The minimum Gasteiger partial charge on any atom is -0.370 e. The normalized spacial score (nSPS) is 13.5. The number of nitrogens with zero attached hydrogens (tertiary/aromatic N) is 1. The van der Waals surface area contributed by atoms with Gasteiger partial charge in [-0.2, -0.15) is 13.2 Å². The molecule has 0 saturated heterocycles. The average molecular weight is 382 g/mol. The number of anilines is 2. The van der Waals surface area contributed by atoms with E-state index in [2.05, 4.69) is 20.9 Å². The lowest BCUT2D eigenvalue weighted by Gasteiger charge is -2.17. The summed E-state index contributed by atoms with van der Waals surface area (Å²) in [5.74, 6) is -0.102. The monoisotopic (exact) mass is 382 g/mol. The van der Waals surface area contributed by atoms with E-state index in [0.717, 1.165) is 36.5 Å². The number of carbonyl (C=O) groups is 1. The van der Waals surface area contributed by atoms with Crippen LogP contribution in [0.25, 0.3) is 0 Å². The van der Waals surface area contributed by atoms with E-state index in [1.165, 1.54) is 0 Å². The molecule has 1 aliphatic heterocycles. The summed E-state index contributed by atoms with van der Waals surface area (Å²) in [6.07, 6.45) is -2.15. The van der Waals surface area contributed by atoms with E-state index in [4.69, 9.17) is 0 Å². The third-order valence-electron chi connectivity index (χ3n) is 4.16. The number of benzene rings is 1. The Morgan fingerprint density at radius 1 is 1.22 bits per heavy atom. The Morgan fingerprint density at radius 2 is 2.04 bits per heavy atom. The lowest BCUT2D eigenvalue weighted by Crippen LogP contribution is -2.31. The van der Waals surface area contributed by atoms with Gasteiger partial charge in [-0.3, -0.25) is 0 Å². The smallest absolute Gasteiger partial charge is 0.370 e. The molecule has 2 aromatic rings. The summed E-state index contributed by atoms with van der Waals surface area (Å²) in [5, 5.41) is 7.80. The molecular weight excluding hydrogens is 364 g/mol. The van der Waals surface area contributed by atoms with E-state index in [9.17, 15) is 22.4 Å². The van der Waals surface area contributed by atoms with Crippen molar-refractivity contribution in [2.75, 3.05) is 23.7 Å². The maximum Gasteiger partial charge on any atom is 0.416 e. The molecule has 0 atom stereocenters. The van der Waals surface area contributed by atoms with E-state index < -0.39 is 29.3 Å². The number of alkyl halides is 3. The number of halogens is 4. The summed E-state index contributed by atoms with van der Waals surface area (Å²) >= 11 is 0. The molecule has 1 aliphatic rings. The molecule has 0 saturated carbocycles. The lowest BCUT2D eigenvalue weighted by atomic mass is 10.1. The Morgan fingerprint density at radius 3 is 2.81 bits per heavy atom. The van der Waals surface area contributed by atoms with Crippen molar-refractivity contribution in [1.29, 1.82) is 0 Å². The highest BCUT2D eigenvalue weighted by molar-refractivity contribution is 5.89. The minimum atomic E-state index is -4.62. The first kappa shape index (κ1) is 18.9. The summed E-state index contributed by atoms with van der Waals surface area (Å²) in [5.41, 5.74) is 0.354. The molecule has 1 aromatic heterocycles. The second-order valence-corrected chi connectivity index (χ2v) is 6.16. The van der Waals surface area contributed by atoms with E-state index in [1.807, 2.05) is 12.1 Å². The zero-order valence-electron chi connectivity index (χ0n) is 14.3. The summed E-state index contributed by atoms with van der Waals surface area (Å²) in [7, 11) is 0. The Kier molecular flexibility index (Phi) is 5.48. The van der Waals surface area contributed by atoms with Crippen LogP contribution in [-0.4, -0.2) is 24.1 Å². The number of aromatic nitrogens is 1. The van der Waals surface area contributed by atoms with Gasteiger partial charge in [-0.1, -0.05) is 6.07 Å². The van der Waals surface area contributed by atoms with Gasteiger partial charge in [0, 0.05) is 25.2 Å². The number of urea groups is 1. The van der Waals surface area contributed by atoms with Crippen LogP contribution in [0, 0.1) is 5.82 Å². The van der Waals surface area contributed by atoms with Crippen molar-refractivity contribution in [2.45, 2.75) is 25.4 Å². The van der Waals surface area contributed by atoms with Gasteiger partial charge in [0.25, 0.3) is 0 Å². The molecule has 5 nitrogen and oxygen atoms in total. The van der Waals surface area contributed by atoms with Crippen LogP contribution in [0.5, 0.6) is 0 Å². The predicted octanol–water partition coefficient (Wildman–Crippen LogP) is 3.96. The zero-order valence-corrected chi connectivity index (χ0v) is 14.3. The first-order chi connectivity index (χ1) is 12.8. The third kappa shape index (κ3) is 4.87. The van der Waals surface area contributed by atoms with Gasteiger partial charge in [-0.15, -0.1) is 0 Å². The Labute approximate surface area is 153 Å². The fourth-order valence-electron chi connectivity index (χ4n) is 2.78. The summed E-state index contributed by atoms with van der Waals surface area (Å²) < 4.78 is 51.7. The van der Waals surface area contributed by atoms with Crippen molar-refractivity contribution in [3.63, 3.8) is 0 Å². The van der Waals surface area contributed by atoms with Crippen molar-refractivity contribution >= 4 is 17.5 Å². The number of nitrogens with one attached hydrogen (secondary N) is 3. The van der Waals surface area contributed by atoms with Crippen molar-refractivity contribution < 1.29 is 22.4 Å². The molecule has 0 aliphatic carbocycles. The van der Waals surface area contributed by atoms with E-state index in [1.54, 1.807) is 0 Å². The number of hydrogen-bond donors (Lipinski definition) is 3. The van der Waals surface area contributed by atoms with Crippen LogP contribution in [0.1, 0.15) is 23.2 Å². The maximum absolute atomic E-state index is 13.6. The Balaban J connectivity index is 1.54. The highest BCUT2D eigenvalue weighted by Crippen LogP contribution is 2.31. The molecule has 2 amide bonds. The van der Waals surface area contributed by atoms with Gasteiger partial charge < -0.3 is 16.0 Å². The second kappa shape index (κ2) is 7.81. The molecule has 1 aromatic carbocycles. The summed E-state index contributed by atoms with van der Waals surface area (Å²) in [6.45, 7) is 1.07. The maximum atomic E-state index is 13.6. The van der Waals surface area contributed by atoms with Crippen molar-refractivity contribution in [3.05, 3.63) is 53.0 Å². The molecule has 0 unspecified atom stereocenters. The van der Waals surface area contributed by atoms with Gasteiger partial charge in [-0.05, 0) is 42.7 Å². The summed E-state index contributed by atoms with van der Waals surface area (Å²) in [4.78, 5) is 16.3. The Hall–Kier alpha value is -2.84. The van der Waals surface area contributed by atoms with Gasteiger partial charge in [0.1, 0.15) is 11.6 Å². The molecule has 0 radical (unpaired) electrons. The van der Waals surface area contributed by atoms with Gasteiger partial charge in [0.15, 0.2) is 0 Å². The molecule has 27 heavy (non-hydrogen) atoms. The average Bonchev–Trinajstić information content (AvgIpc) is 2.62. The highest BCUT2D eigenvalue weighted by Gasteiger charge is 2.31. The third-order valence-corrected chi connectivity index (χ3v) is 4.16. The number of rotatable bonds is 4. The van der Waals surface area contributed by atoms with Crippen molar-refractivity contribution in [1.82, 2.24) is 10.3 Å². The highest BCUT2D eigenvalue weighted by atomic mass is 19.4. The van der Waals surface area contributed by atoms with Crippen LogP contribution in [-0.2, 0) is 19.0 Å². The summed E-state index contributed by atoms with van der Waals surface area (Å²) in [6, 6.07) is 4.92. The van der Waals surface area contributed by atoms with Gasteiger partial charge in [0.2, 0.25) is 0 Å². The largest absolute Gasteiger partial charge is 0.416 e. The lowest BCUT2D eigenvalue weighted by molar-refractivity contribution is -0.137. The first-order valence-corrected chi connectivity index (χ1v) is 8.47. The van der Waals surface area contributed by atoms with Crippen LogP contribution < -0.4 is 16.0 Å². The van der Waals surface area contributed by atoms with Crippen molar-refractivity contribution in [3.8, 4) is 0 Å². The molecule has 2 heterocycles. The van der Waals surface area contributed by atoms with Gasteiger partial charge in [-0.25, -0.2) is 14.2 Å². The van der Waals surface area contributed by atoms with Crippen molar-refractivity contribution in [2.24, 2.45) is 0 Å².